The van der Waals surface area contributed by atoms with Gasteiger partial charge >= 0.3 is 17.6 Å². The van der Waals surface area contributed by atoms with Crippen molar-refractivity contribution in [3.63, 3.8) is 0 Å². The summed E-state index contributed by atoms with van der Waals surface area (Å²) in [6.07, 6.45) is 0.811. The van der Waals surface area contributed by atoms with Crippen LogP contribution in [-0.4, -0.2) is 34.3 Å². The third-order valence-corrected chi connectivity index (χ3v) is 4.25. The number of nitrogens with zero attached hydrogens (tertiary/aromatic N) is 2. The van der Waals surface area contributed by atoms with Gasteiger partial charge in [0.25, 0.3) is 0 Å². The predicted octanol–water partition coefficient (Wildman–Crippen LogP) is 2.61. The lowest BCUT2D eigenvalue weighted by Crippen LogP contribution is -2.28. The molecule has 2 aromatic carbocycles. The number of ether oxygens (including phenoxy) is 2. The summed E-state index contributed by atoms with van der Waals surface area (Å²) < 4.78 is 13.3. The summed E-state index contributed by atoms with van der Waals surface area (Å²) in [5, 5.41) is 0. The first-order chi connectivity index (χ1) is 13.6. The molecule has 7 nitrogen and oxygen atoms in total. The van der Waals surface area contributed by atoms with Crippen LogP contribution in [0.2, 0.25) is 0 Å². The Balaban J connectivity index is 1.57. The molecule has 1 heterocycles. The summed E-state index contributed by atoms with van der Waals surface area (Å²) in [6, 6.07) is 15.9. The van der Waals surface area contributed by atoms with E-state index in [2.05, 4.69) is 0 Å². The van der Waals surface area contributed by atoms with E-state index in [9.17, 15) is 14.4 Å². The second-order valence-electron chi connectivity index (χ2n) is 6.23. The van der Waals surface area contributed by atoms with E-state index in [0.717, 1.165) is 11.9 Å². The Morgan fingerprint density at radius 1 is 0.857 bits per heavy atom. The van der Waals surface area contributed by atoms with E-state index in [4.69, 9.17) is 9.47 Å². The largest absolute Gasteiger partial charge is 0.461 e. The molecule has 7 heteroatoms. The molecule has 0 bridgehead atoms. The summed E-state index contributed by atoms with van der Waals surface area (Å²) in [5.74, 6) is -1.03. The first-order valence-electron chi connectivity index (χ1n) is 9.17. The quantitative estimate of drug-likeness (QED) is 0.442. The average Bonchev–Trinajstić information content (AvgIpc) is 2.98. The van der Waals surface area contributed by atoms with Gasteiger partial charge in [-0.1, -0.05) is 37.3 Å². The van der Waals surface area contributed by atoms with E-state index in [1.54, 1.807) is 41.0 Å². The minimum absolute atomic E-state index is 0.0496. The third-order valence-electron chi connectivity index (χ3n) is 4.25. The zero-order valence-electron chi connectivity index (χ0n) is 15.7. The maximum atomic E-state index is 12.6. The molecule has 0 aliphatic rings. The van der Waals surface area contributed by atoms with Crippen molar-refractivity contribution in [3.05, 3.63) is 70.6 Å². The van der Waals surface area contributed by atoms with Crippen LogP contribution in [-0.2, 0) is 27.4 Å². The van der Waals surface area contributed by atoms with Crippen molar-refractivity contribution < 1.29 is 19.1 Å². The van der Waals surface area contributed by atoms with Crippen molar-refractivity contribution in [3.8, 4) is 0 Å². The summed E-state index contributed by atoms with van der Waals surface area (Å²) in [7, 11) is 0. The molecule has 0 spiro atoms. The van der Waals surface area contributed by atoms with Crippen molar-refractivity contribution in [2.24, 2.45) is 0 Å². The molecule has 1 aromatic heterocycles. The predicted molar refractivity (Wildman–Crippen MR) is 104 cm³/mol. The number of aromatic nitrogens is 2. The van der Waals surface area contributed by atoms with Crippen LogP contribution in [0.25, 0.3) is 11.0 Å². The Kier molecular flexibility index (Phi) is 6.26. The number of esters is 2. The summed E-state index contributed by atoms with van der Waals surface area (Å²) in [4.78, 5) is 36.6. The highest BCUT2D eigenvalue weighted by Gasteiger charge is 2.15. The number of hydrogen-bond donors (Lipinski definition) is 0. The van der Waals surface area contributed by atoms with Crippen LogP contribution in [0.5, 0.6) is 0 Å². The van der Waals surface area contributed by atoms with Crippen LogP contribution in [0, 0.1) is 0 Å². The van der Waals surface area contributed by atoms with E-state index < -0.39 is 11.9 Å². The zero-order valence-corrected chi connectivity index (χ0v) is 15.7. The van der Waals surface area contributed by atoms with E-state index in [1.165, 1.54) is 4.57 Å². The first-order valence-corrected chi connectivity index (χ1v) is 9.17. The summed E-state index contributed by atoms with van der Waals surface area (Å²) in [6.45, 7) is 2.26. The number of carbonyl (C=O) groups is 2. The van der Waals surface area contributed by atoms with Crippen molar-refractivity contribution in [1.82, 2.24) is 9.13 Å². The molecule has 146 valence electrons. The Labute approximate surface area is 162 Å². The van der Waals surface area contributed by atoms with Crippen molar-refractivity contribution in [2.75, 3.05) is 13.2 Å². The fourth-order valence-corrected chi connectivity index (χ4v) is 2.99. The number of fused-ring (bicyclic) bond motifs is 1. The Bertz CT molecular complexity index is 1020. The van der Waals surface area contributed by atoms with Gasteiger partial charge in [0, 0.05) is 6.54 Å². The third kappa shape index (κ3) is 4.31. The second-order valence-corrected chi connectivity index (χ2v) is 6.23. The average molecular weight is 382 g/mol. The minimum Gasteiger partial charge on any atom is -0.461 e. The molecule has 0 aliphatic heterocycles. The SMILES string of the molecule is CCCn1c(=O)n(CC(=O)OCCOC(=O)c2ccccc2)c2ccccc21. The highest BCUT2D eigenvalue weighted by molar-refractivity contribution is 5.89. The van der Waals surface area contributed by atoms with Gasteiger partial charge in [-0.2, -0.15) is 0 Å². The lowest BCUT2D eigenvalue weighted by atomic mass is 10.2. The Morgan fingerprint density at radius 3 is 2.14 bits per heavy atom. The van der Waals surface area contributed by atoms with Crippen molar-refractivity contribution in [1.29, 1.82) is 0 Å². The van der Waals surface area contributed by atoms with Crippen LogP contribution in [0.3, 0.4) is 0 Å². The normalized spacial score (nSPS) is 10.8. The molecule has 3 rings (SSSR count). The molecule has 0 atom stereocenters. The highest BCUT2D eigenvalue weighted by Crippen LogP contribution is 2.13. The standard InChI is InChI=1S/C21H22N2O5/c1-2-12-22-17-10-6-7-11-18(17)23(21(22)26)15-19(24)27-13-14-28-20(25)16-8-4-3-5-9-16/h3-11H,2,12-15H2,1H3. The maximum absolute atomic E-state index is 12.6. The number of aryl methyl sites for hydroxylation is 1. The molecule has 0 unspecified atom stereocenters. The number of para-hydroxylation sites is 2. The van der Waals surface area contributed by atoms with Gasteiger partial charge in [-0.25, -0.2) is 9.59 Å². The summed E-state index contributed by atoms with van der Waals surface area (Å²) in [5.41, 5.74) is 1.67. The lowest BCUT2D eigenvalue weighted by Gasteiger charge is -2.07. The molecular formula is C21H22N2O5. The molecule has 3 aromatic rings. The Morgan fingerprint density at radius 2 is 1.46 bits per heavy atom. The second kappa shape index (κ2) is 9.03. The van der Waals surface area contributed by atoms with Gasteiger partial charge in [-0.15, -0.1) is 0 Å². The van der Waals surface area contributed by atoms with Gasteiger partial charge in [-0.05, 0) is 30.7 Å². The van der Waals surface area contributed by atoms with Crippen LogP contribution in [0.15, 0.2) is 59.4 Å². The molecule has 0 N–H and O–H groups in total. The first kappa shape index (κ1) is 19.4. The van der Waals surface area contributed by atoms with E-state index in [0.29, 0.717) is 17.6 Å². The van der Waals surface area contributed by atoms with Gasteiger partial charge < -0.3 is 9.47 Å². The highest BCUT2D eigenvalue weighted by atomic mass is 16.6. The number of rotatable bonds is 8. The summed E-state index contributed by atoms with van der Waals surface area (Å²) >= 11 is 0. The molecular weight excluding hydrogens is 360 g/mol. The smallest absolute Gasteiger partial charge is 0.338 e. The molecule has 28 heavy (non-hydrogen) atoms. The number of benzene rings is 2. The van der Waals surface area contributed by atoms with Crippen LogP contribution >= 0.6 is 0 Å². The van der Waals surface area contributed by atoms with E-state index in [1.807, 2.05) is 25.1 Å². The van der Waals surface area contributed by atoms with Crippen LogP contribution in [0.1, 0.15) is 23.7 Å². The fourth-order valence-electron chi connectivity index (χ4n) is 2.99. The topological polar surface area (TPSA) is 79.5 Å². The molecule has 0 radical (unpaired) electrons. The van der Waals surface area contributed by atoms with Gasteiger partial charge in [0.15, 0.2) is 0 Å². The van der Waals surface area contributed by atoms with Crippen molar-refractivity contribution >= 4 is 23.0 Å². The molecule has 0 saturated heterocycles. The van der Waals surface area contributed by atoms with Gasteiger partial charge in [-0.3, -0.25) is 13.9 Å². The number of carbonyl (C=O) groups excluding carboxylic acids is 2. The molecule has 0 saturated carbocycles. The van der Waals surface area contributed by atoms with Gasteiger partial charge in [0.2, 0.25) is 0 Å². The van der Waals surface area contributed by atoms with Crippen LogP contribution < -0.4 is 5.69 Å². The van der Waals surface area contributed by atoms with E-state index in [-0.39, 0.29) is 25.4 Å². The van der Waals surface area contributed by atoms with E-state index >= 15 is 0 Å². The van der Waals surface area contributed by atoms with Gasteiger partial charge in [0.1, 0.15) is 19.8 Å². The van der Waals surface area contributed by atoms with Gasteiger partial charge in [0.05, 0.1) is 16.6 Å². The fraction of sp³-hybridized carbons (Fsp3) is 0.286. The van der Waals surface area contributed by atoms with Crippen molar-refractivity contribution in [2.45, 2.75) is 26.4 Å². The molecule has 0 fully saturated rings. The lowest BCUT2D eigenvalue weighted by molar-refractivity contribution is -0.145. The Hall–Kier alpha value is -3.35. The number of imidazole rings is 1. The zero-order chi connectivity index (χ0) is 19.9. The minimum atomic E-state index is -0.558. The monoisotopic (exact) mass is 382 g/mol. The van der Waals surface area contributed by atoms with Crippen LogP contribution in [0.4, 0.5) is 0 Å². The molecule has 0 amide bonds. The molecule has 0 aliphatic carbocycles. The maximum Gasteiger partial charge on any atom is 0.338 e. The number of hydrogen-bond acceptors (Lipinski definition) is 5.